The first-order valence-corrected chi connectivity index (χ1v) is 4.24. The van der Waals surface area contributed by atoms with Gasteiger partial charge in [-0.05, 0) is 0 Å². The predicted molar refractivity (Wildman–Crippen MR) is 48.0 cm³/mol. The van der Waals surface area contributed by atoms with E-state index in [1.807, 2.05) is 0 Å². The van der Waals surface area contributed by atoms with Gasteiger partial charge in [0.15, 0.2) is 5.78 Å². The number of nitrogens with one attached hydrogen (secondary N) is 1. The molecule has 1 amide bonds. The van der Waals surface area contributed by atoms with Gasteiger partial charge in [0.1, 0.15) is 5.92 Å². The number of carbonyl (C=O) groups excluding carboxylic acids is 2. The summed E-state index contributed by atoms with van der Waals surface area (Å²) in [7, 11) is 0. The summed E-state index contributed by atoms with van der Waals surface area (Å²) >= 11 is 0. The zero-order chi connectivity index (χ0) is 10.6. The van der Waals surface area contributed by atoms with Gasteiger partial charge >= 0.3 is 0 Å². The first-order chi connectivity index (χ1) is 6.65. The Hall–Kier alpha value is -1.27. The molecule has 6 nitrogen and oxygen atoms in total. The van der Waals surface area contributed by atoms with E-state index in [-0.39, 0.29) is 31.4 Å². The second-order valence-electron chi connectivity index (χ2n) is 3.01. The van der Waals surface area contributed by atoms with Gasteiger partial charge in [-0.2, -0.15) is 0 Å². The number of carbonyl (C=O) groups is 2. The van der Waals surface area contributed by atoms with Crippen molar-refractivity contribution in [2.75, 3.05) is 19.7 Å². The lowest BCUT2D eigenvalue weighted by Crippen LogP contribution is -2.22. The second-order valence-corrected chi connectivity index (χ2v) is 3.01. The highest BCUT2D eigenvalue weighted by atomic mass is 16.3. The lowest BCUT2D eigenvalue weighted by Gasteiger charge is -2.01. The van der Waals surface area contributed by atoms with Crippen LogP contribution in [0.15, 0.2) is 4.99 Å². The first kappa shape index (κ1) is 10.8. The zero-order valence-electron chi connectivity index (χ0n) is 7.51. The fourth-order valence-electron chi connectivity index (χ4n) is 1.04. The third-order valence-electron chi connectivity index (χ3n) is 1.85. The summed E-state index contributed by atoms with van der Waals surface area (Å²) in [6.45, 7) is -0.353. The van der Waals surface area contributed by atoms with Gasteiger partial charge < -0.3 is 15.5 Å². The normalized spacial score (nSPS) is 24.3. The van der Waals surface area contributed by atoms with E-state index in [1.54, 1.807) is 0 Å². The zero-order valence-corrected chi connectivity index (χ0v) is 7.51. The van der Waals surface area contributed by atoms with E-state index < -0.39 is 12.0 Å². The summed E-state index contributed by atoms with van der Waals surface area (Å²) in [6, 6.07) is 0. The number of ketones is 1. The molecule has 14 heavy (non-hydrogen) atoms. The smallest absolute Gasteiger partial charge is 0.236 e. The maximum absolute atomic E-state index is 11.0. The Bertz CT molecular complexity index is 248. The quantitative estimate of drug-likeness (QED) is 0.352. The van der Waals surface area contributed by atoms with Gasteiger partial charge in [-0.1, -0.05) is 0 Å². The fourth-order valence-corrected chi connectivity index (χ4v) is 1.04. The number of aliphatic hydroxyl groups is 2. The van der Waals surface area contributed by atoms with Crippen molar-refractivity contribution in [3.63, 3.8) is 0 Å². The van der Waals surface area contributed by atoms with Gasteiger partial charge in [0, 0.05) is 6.21 Å². The number of hydrogen-bond donors (Lipinski definition) is 3. The van der Waals surface area contributed by atoms with Gasteiger partial charge in [-0.15, -0.1) is 0 Å². The Labute approximate surface area is 80.6 Å². The summed E-state index contributed by atoms with van der Waals surface area (Å²) < 4.78 is 0. The highest BCUT2D eigenvalue weighted by Crippen LogP contribution is 2.02. The molecule has 0 aromatic rings. The van der Waals surface area contributed by atoms with Crippen LogP contribution in [0.1, 0.15) is 0 Å². The largest absolute Gasteiger partial charge is 0.394 e. The Morgan fingerprint density at radius 2 is 2.36 bits per heavy atom. The minimum atomic E-state index is -0.939. The molecule has 2 atom stereocenters. The van der Waals surface area contributed by atoms with E-state index in [0.717, 1.165) is 0 Å². The molecule has 0 aromatic heterocycles. The Morgan fingerprint density at radius 3 is 2.86 bits per heavy atom. The van der Waals surface area contributed by atoms with E-state index >= 15 is 0 Å². The third kappa shape index (κ3) is 2.61. The molecule has 6 heteroatoms. The Balaban J connectivity index is 2.43. The minimum Gasteiger partial charge on any atom is -0.394 e. The molecule has 78 valence electrons. The number of Topliss-reactive ketones (excluding diaryl/α,β-unsaturated/α-hetero) is 1. The van der Waals surface area contributed by atoms with Crippen LogP contribution in [-0.2, 0) is 9.59 Å². The summed E-state index contributed by atoms with van der Waals surface area (Å²) in [5.41, 5.74) is 0. The lowest BCUT2D eigenvalue weighted by molar-refractivity contribution is -0.124. The predicted octanol–water partition coefficient (Wildman–Crippen LogP) is -2.27. The van der Waals surface area contributed by atoms with Crippen LogP contribution in [0, 0.1) is 5.92 Å². The summed E-state index contributed by atoms with van der Waals surface area (Å²) in [4.78, 5) is 25.7. The molecular formula is C8H12N2O4. The molecule has 3 N–H and O–H groups in total. The maximum atomic E-state index is 11.0. The molecule has 0 spiro atoms. The van der Waals surface area contributed by atoms with Gasteiger partial charge in [0.25, 0.3) is 0 Å². The average molecular weight is 200 g/mol. The number of rotatable bonds is 4. The van der Waals surface area contributed by atoms with Gasteiger partial charge in [-0.25, -0.2) is 0 Å². The van der Waals surface area contributed by atoms with Crippen molar-refractivity contribution in [3.8, 4) is 0 Å². The summed E-state index contributed by atoms with van der Waals surface area (Å²) in [5, 5.41) is 19.8. The topological polar surface area (TPSA) is 99.0 Å². The molecule has 0 saturated carbocycles. The second kappa shape index (κ2) is 4.83. The van der Waals surface area contributed by atoms with Crippen LogP contribution in [0.3, 0.4) is 0 Å². The van der Waals surface area contributed by atoms with E-state index in [1.165, 1.54) is 6.21 Å². The van der Waals surface area contributed by atoms with Gasteiger partial charge in [0.05, 0.1) is 25.8 Å². The lowest BCUT2D eigenvalue weighted by atomic mass is 10.1. The van der Waals surface area contributed by atoms with Crippen molar-refractivity contribution in [1.82, 2.24) is 5.32 Å². The number of hydrogen-bond acceptors (Lipinski definition) is 5. The fraction of sp³-hybridized carbons (Fsp3) is 0.625. The molecule has 0 unspecified atom stereocenters. The first-order valence-electron chi connectivity index (χ1n) is 4.24. The van der Waals surface area contributed by atoms with Crippen LogP contribution in [0.5, 0.6) is 0 Å². The number of aliphatic hydroxyl groups excluding tert-OH is 2. The van der Waals surface area contributed by atoms with Crippen LogP contribution in [0.4, 0.5) is 0 Å². The molecule has 0 bridgehead atoms. The molecule has 1 rings (SSSR count). The average Bonchev–Trinajstić information content (AvgIpc) is 2.48. The van der Waals surface area contributed by atoms with Gasteiger partial charge in [-0.3, -0.25) is 14.6 Å². The van der Waals surface area contributed by atoms with E-state index in [2.05, 4.69) is 10.3 Å². The van der Waals surface area contributed by atoms with E-state index in [0.29, 0.717) is 0 Å². The molecule has 1 aliphatic heterocycles. The van der Waals surface area contributed by atoms with Crippen LogP contribution < -0.4 is 5.32 Å². The van der Waals surface area contributed by atoms with Crippen LogP contribution in [-0.4, -0.2) is 53.9 Å². The highest BCUT2D eigenvalue weighted by molar-refractivity contribution is 6.18. The number of aliphatic imine (C=N–C) groups is 1. The standard InChI is InChI=1S/C8H12N2O4/c11-4-5(12)1-9-2-6-7(13)3-10-8(6)14/h2,5-6,11-12H,1,3-4H2,(H,10,14)/t5-,6+/m1/s1. The van der Waals surface area contributed by atoms with Crippen LogP contribution in [0.25, 0.3) is 0 Å². The molecule has 1 heterocycles. The highest BCUT2D eigenvalue weighted by Gasteiger charge is 2.30. The molecule has 1 fully saturated rings. The van der Waals surface area contributed by atoms with Crippen molar-refractivity contribution in [2.24, 2.45) is 10.9 Å². The summed E-state index contributed by atoms with van der Waals surface area (Å²) in [5.74, 6) is -1.42. The van der Waals surface area contributed by atoms with Crippen LogP contribution in [0.2, 0.25) is 0 Å². The molecule has 0 aliphatic carbocycles. The molecule has 0 aromatic carbocycles. The van der Waals surface area contributed by atoms with Crippen LogP contribution >= 0.6 is 0 Å². The van der Waals surface area contributed by atoms with Gasteiger partial charge in [0.2, 0.25) is 5.91 Å². The number of nitrogens with zero attached hydrogens (tertiary/aromatic N) is 1. The van der Waals surface area contributed by atoms with Crippen molar-refractivity contribution < 1.29 is 19.8 Å². The molecule has 1 aliphatic rings. The monoisotopic (exact) mass is 200 g/mol. The van der Waals surface area contributed by atoms with E-state index in [4.69, 9.17) is 10.2 Å². The van der Waals surface area contributed by atoms with Crippen molar-refractivity contribution >= 4 is 17.9 Å². The Morgan fingerprint density at radius 1 is 1.64 bits per heavy atom. The van der Waals surface area contributed by atoms with E-state index in [9.17, 15) is 9.59 Å². The minimum absolute atomic E-state index is 0.00639. The van der Waals surface area contributed by atoms with Crippen molar-refractivity contribution in [3.05, 3.63) is 0 Å². The molecule has 0 radical (unpaired) electrons. The Kier molecular flexibility index (Phi) is 3.73. The third-order valence-corrected chi connectivity index (χ3v) is 1.85. The molecule has 1 saturated heterocycles. The molecular weight excluding hydrogens is 188 g/mol. The summed E-state index contributed by atoms with van der Waals surface area (Å²) in [6.07, 6.45) is 0.273. The maximum Gasteiger partial charge on any atom is 0.236 e. The SMILES string of the molecule is O=C1CNC(=O)[C@H]1C=NC[C@@H](O)CO. The van der Waals surface area contributed by atoms with Crippen molar-refractivity contribution in [2.45, 2.75) is 6.10 Å². The number of amides is 1. The van der Waals surface area contributed by atoms with Crippen molar-refractivity contribution in [1.29, 1.82) is 0 Å².